The number of ketones is 1. The Balaban J connectivity index is 1.71. The number of carbonyl (C=O) groups is 1. The first-order chi connectivity index (χ1) is 10.6. The molecule has 2 aromatic rings. The van der Waals surface area contributed by atoms with Crippen LogP contribution in [0.2, 0.25) is 10.0 Å². The van der Waals surface area contributed by atoms with E-state index in [4.69, 9.17) is 23.2 Å². The fourth-order valence-corrected chi connectivity index (χ4v) is 3.33. The summed E-state index contributed by atoms with van der Waals surface area (Å²) in [6.45, 7) is 0. The Labute approximate surface area is 139 Å². The van der Waals surface area contributed by atoms with Crippen LogP contribution in [0.3, 0.4) is 0 Å². The number of nitrogens with zero attached hydrogens (tertiary/aromatic N) is 3. The summed E-state index contributed by atoms with van der Waals surface area (Å²) in [5.74, 6) is -0.0775. The molecule has 1 saturated carbocycles. The van der Waals surface area contributed by atoms with Crippen LogP contribution in [0.1, 0.15) is 54.2 Å². The fourth-order valence-electron chi connectivity index (χ4n) is 2.86. The van der Waals surface area contributed by atoms with Crippen LogP contribution in [0, 0.1) is 0 Å². The monoisotopic (exact) mass is 337 g/mol. The van der Waals surface area contributed by atoms with Crippen LogP contribution in [0.4, 0.5) is 0 Å². The van der Waals surface area contributed by atoms with Gasteiger partial charge in [-0.3, -0.25) is 4.79 Å². The molecular weight excluding hydrogens is 321 g/mol. The van der Waals surface area contributed by atoms with Crippen LogP contribution in [0.25, 0.3) is 0 Å². The second-order valence-corrected chi connectivity index (χ2v) is 6.55. The number of Topliss-reactive ketones (excluding diaryl/α,β-unsaturated/α-hetero) is 1. The van der Waals surface area contributed by atoms with Crippen molar-refractivity contribution in [3.8, 4) is 0 Å². The van der Waals surface area contributed by atoms with Crippen LogP contribution < -0.4 is 0 Å². The standard InChI is InChI=1S/C16H17Cl2N3O/c17-12-7-6-11(14(18)9-12)8-16(22)15-10-21(20-19-15)13-4-2-1-3-5-13/h6-7,9-10,13H,1-5,8H2. The molecule has 1 aromatic heterocycles. The largest absolute Gasteiger partial charge is 0.292 e. The van der Waals surface area contributed by atoms with Gasteiger partial charge in [-0.25, -0.2) is 4.68 Å². The lowest BCUT2D eigenvalue weighted by molar-refractivity contribution is 0.0988. The molecule has 1 heterocycles. The normalized spacial score (nSPS) is 15.9. The summed E-state index contributed by atoms with van der Waals surface area (Å²) in [5, 5.41) is 9.22. The van der Waals surface area contributed by atoms with Gasteiger partial charge < -0.3 is 0 Å². The molecule has 0 bridgehead atoms. The number of hydrogen-bond donors (Lipinski definition) is 0. The maximum Gasteiger partial charge on any atom is 0.189 e. The highest BCUT2D eigenvalue weighted by Crippen LogP contribution is 2.27. The molecule has 0 aliphatic heterocycles. The van der Waals surface area contributed by atoms with Crippen molar-refractivity contribution in [2.24, 2.45) is 0 Å². The third-order valence-electron chi connectivity index (χ3n) is 4.11. The molecule has 0 atom stereocenters. The van der Waals surface area contributed by atoms with Gasteiger partial charge >= 0.3 is 0 Å². The van der Waals surface area contributed by atoms with Crippen molar-refractivity contribution in [2.45, 2.75) is 44.6 Å². The van der Waals surface area contributed by atoms with E-state index in [-0.39, 0.29) is 12.2 Å². The zero-order valence-corrected chi connectivity index (χ0v) is 13.6. The summed E-state index contributed by atoms with van der Waals surface area (Å²) in [5.41, 5.74) is 1.15. The molecule has 0 saturated heterocycles. The van der Waals surface area contributed by atoms with E-state index in [1.54, 1.807) is 24.4 Å². The minimum absolute atomic E-state index is 0.0775. The first kappa shape index (κ1) is 15.5. The van der Waals surface area contributed by atoms with Crippen molar-refractivity contribution >= 4 is 29.0 Å². The van der Waals surface area contributed by atoms with Crippen LogP contribution in [0.15, 0.2) is 24.4 Å². The SMILES string of the molecule is O=C(Cc1ccc(Cl)cc1Cl)c1cn(C2CCCCC2)nn1. The van der Waals surface area contributed by atoms with Crippen LogP contribution >= 0.6 is 23.2 Å². The molecule has 6 heteroatoms. The van der Waals surface area contributed by atoms with E-state index < -0.39 is 0 Å². The van der Waals surface area contributed by atoms with Crippen LogP contribution in [0.5, 0.6) is 0 Å². The van der Waals surface area contributed by atoms with E-state index in [2.05, 4.69) is 10.3 Å². The average Bonchev–Trinajstić information content (AvgIpc) is 3.01. The second-order valence-electron chi connectivity index (χ2n) is 5.71. The number of halogens is 2. The second kappa shape index (κ2) is 6.80. The molecule has 3 rings (SSSR count). The summed E-state index contributed by atoms with van der Waals surface area (Å²) in [7, 11) is 0. The minimum Gasteiger partial charge on any atom is -0.292 e. The highest BCUT2D eigenvalue weighted by atomic mass is 35.5. The van der Waals surface area contributed by atoms with Gasteiger partial charge in [0.1, 0.15) is 5.69 Å². The molecule has 0 unspecified atom stereocenters. The van der Waals surface area contributed by atoms with Gasteiger partial charge in [-0.05, 0) is 30.5 Å². The Kier molecular flexibility index (Phi) is 4.79. The number of benzene rings is 1. The summed E-state index contributed by atoms with van der Waals surface area (Å²) >= 11 is 12.0. The number of rotatable bonds is 4. The summed E-state index contributed by atoms with van der Waals surface area (Å²) in [4.78, 5) is 12.3. The summed E-state index contributed by atoms with van der Waals surface area (Å²) in [6, 6.07) is 5.52. The van der Waals surface area contributed by atoms with Gasteiger partial charge in [-0.1, -0.05) is 53.7 Å². The molecule has 0 spiro atoms. The number of carbonyl (C=O) groups excluding carboxylic acids is 1. The van der Waals surface area contributed by atoms with Gasteiger partial charge in [0.2, 0.25) is 0 Å². The number of aromatic nitrogens is 3. The molecule has 0 N–H and O–H groups in total. The van der Waals surface area contributed by atoms with Gasteiger partial charge in [0.15, 0.2) is 5.78 Å². The summed E-state index contributed by atoms with van der Waals surface area (Å²) < 4.78 is 1.84. The third kappa shape index (κ3) is 3.50. The predicted octanol–water partition coefficient (Wildman–Crippen LogP) is 4.52. The van der Waals surface area contributed by atoms with E-state index in [0.29, 0.717) is 21.8 Å². The maximum absolute atomic E-state index is 12.3. The van der Waals surface area contributed by atoms with Crippen molar-refractivity contribution < 1.29 is 4.79 Å². The van der Waals surface area contributed by atoms with Gasteiger partial charge in [0.25, 0.3) is 0 Å². The highest BCUT2D eigenvalue weighted by molar-refractivity contribution is 6.35. The lowest BCUT2D eigenvalue weighted by Gasteiger charge is -2.20. The van der Waals surface area contributed by atoms with Gasteiger partial charge in [-0.15, -0.1) is 5.10 Å². The topological polar surface area (TPSA) is 47.8 Å². The highest BCUT2D eigenvalue weighted by Gasteiger charge is 2.19. The molecule has 0 amide bonds. The van der Waals surface area contributed by atoms with Crippen LogP contribution in [-0.2, 0) is 6.42 Å². The van der Waals surface area contributed by atoms with Crippen molar-refractivity contribution in [2.75, 3.05) is 0 Å². The van der Waals surface area contributed by atoms with Crippen molar-refractivity contribution in [3.63, 3.8) is 0 Å². The molecule has 1 aliphatic rings. The minimum atomic E-state index is -0.0775. The predicted molar refractivity (Wildman–Crippen MR) is 86.6 cm³/mol. The molecule has 1 aliphatic carbocycles. The lowest BCUT2D eigenvalue weighted by Crippen LogP contribution is -2.13. The Morgan fingerprint density at radius 3 is 2.73 bits per heavy atom. The van der Waals surface area contributed by atoms with Gasteiger partial charge in [0.05, 0.1) is 12.2 Å². The smallest absolute Gasteiger partial charge is 0.189 e. The van der Waals surface area contributed by atoms with Crippen LogP contribution in [-0.4, -0.2) is 20.8 Å². The first-order valence-corrected chi connectivity index (χ1v) is 8.28. The van der Waals surface area contributed by atoms with Crippen molar-refractivity contribution in [1.82, 2.24) is 15.0 Å². The summed E-state index contributed by atoms with van der Waals surface area (Å²) in [6.07, 6.45) is 7.91. The quantitative estimate of drug-likeness (QED) is 0.771. The van der Waals surface area contributed by atoms with E-state index >= 15 is 0 Å². The molecule has 1 fully saturated rings. The van der Waals surface area contributed by atoms with E-state index in [1.165, 1.54) is 19.3 Å². The van der Waals surface area contributed by atoms with Crippen molar-refractivity contribution in [3.05, 3.63) is 45.7 Å². The Morgan fingerprint density at radius 2 is 2.00 bits per heavy atom. The van der Waals surface area contributed by atoms with Gasteiger partial charge in [0, 0.05) is 16.5 Å². The first-order valence-electron chi connectivity index (χ1n) is 7.52. The molecule has 1 aromatic carbocycles. The van der Waals surface area contributed by atoms with E-state index in [0.717, 1.165) is 18.4 Å². The Hall–Kier alpha value is -1.39. The molecule has 22 heavy (non-hydrogen) atoms. The Bertz CT molecular complexity index is 678. The molecule has 116 valence electrons. The van der Waals surface area contributed by atoms with E-state index in [9.17, 15) is 4.79 Å². The maximum atomic E-state index is 12.3. The fraction of sp³-hybridized carbons (Fsp3) is 0.438. The van der Waals surface area contributed by atoms with E-state index in [1.807, 2.05) is 4.68 Å². The van der Waals surface area contributed by atoms with Gasteiger partial charge in [-0.2, -0.15) is 0 Å². The zero-order chi connectivity index (χ0) is 15.5. The lowest BCUT2D eigenvalue weighted by atomic mass is 9.96. The molecule has 0 radical (unpaired) electrons. The third-order valence-corrected chi connectivity index (χ3v) is 4.70. The Morgan fingerprint density at radius 1 is 1.23 bits per heavy atom. The number of hydrogen-bond acceptors (Lipinski definition) is 3. The van der Waals surface area contributed by atoms with Crippen molar-refractivity contribution in [1.29, 1.82) is 0 Å². The zero-order valence-electron chi connectivity index (χ0n) is 12.1. The average molecular weight is 338 g/mol. The molecular formula is C16H17Cl2N3O. The molecule has 4 nitrogen and oxygen atoms in total.